The summed E-state index contributed by atoms with van der Waals surface area (Å²) in [4.78, 5) is 13.3. The number of allylic oxidation sites excluding steroid dienone is 2. The summed E-state index contributed by atoms with van der Waals surface area (Å²) in [5, 5.41) is 11.4. The molecule has 0 heterocycles. The standard InChI is InChI=1S/C21H23ClO4S/c1-13(2)8-9-17-18(25-3)10-14(19(20(17)23)21(24)26-4)12-27-16-7-5-6-15(22)11-16/h5-8,10-11,23H,9,12H2,1-4H3. The summed E-state index contributed by atoms with van der Waals surface area (Å²) < 4.78 is 10.4. The van der Waals surface area contributed by atoms with Crippen LogP contribution in [0.25, 0.3) is 0 Å². The Hall–Kier alpha value is -2.11. The summed E-state index contributed by atoms with van der Waals surface area (Å²) in [6.45, 7) is 3.95. The lowest BCUT2D eigenvalue weighted by Crippen LogP contribution is -2.08. The van der Waals surface area contributed by atoms with Crippen LogP contribution in [0.5, 0.6) is 11.5 Å². The number of carbonyl (C=O) groups is 1. The second kappa shape index (κ2) is 9.72. The monoisotopic (exact) mass is 406 g/mol. The molecule has 0 bridgehead atoms. The molecule has 0 amide bonds. The van der Waals surface area contributed by atoms with E-state index in [0.29, 0.717) is 34.1 Å². The SMILES string of the molecule is COC(=O)c1c(CSc2cccc(Cl)c2)cc(OC)c(CC=C(C)C)c1O. The van der Waals surface area contributed by atoms with Crippen molar-refractivity contribution in [3.8, 4) is 11.5 Å². The van der Waals surface area contributed by atoms with E-state index in [4.69, 9.17) is 21.1 Å². The van der Waals surface area contributed by atoms with Crippen molar-refractivity contribution in [2.75, 3.05) is 14.2 Å². The van der Waals surface area contributed by atoms with Gasteiger partial charge in [0.1, 0.15) is 17.1 Å². The van der Waals surface area contributed by atoms with Gasteiger partial charge in [-0.15, -0.1) is 11.8 Å². The van der Waals surface area contributed by atoms with Crippen LogP contribution in [0.4, 0.5) is 0 Å². The average Bonchev–Trinajstić information content (AvgIpc) is 2.64. The predicted octanol–water partition coefficient (Wildman–Crippen LogP) is 5.64. The minimum atomic E-state index is -0.574. The lowest BCUT2D eigenvalue weighted by atomic mass is 9.99. The molecule has 0 aliphatic carbocycles. The van der Waals surface area contributed by atoms with E-state index in [2.05, 4.69) is 0 Å². The molecule has 0 unspecified atom stereocenters. The number of thioether (sulfide) groups is 1. The first-order valence-electron chi connectivity index (χ1n) is 8.39. The molecule has 0 spiro atoms. The maximum absolute atomic E-state index is 12.3. The third-order valence-electron chi connectivity index (χ3n) is 3.96. The number of methoxy groups -OCH3 is 2. The van der Waals surface area contributed by atoms with Crippen LogP contribution in [-0.2, 0) is 16.9 Å². The highest BCUT2D eigenvalue weighted by Crippen LogP contribution is 2.38. The Kier molecular flexibility index (Phi) is 7.63. The summed E-state index contributed by atoms with van der Waals surface area (Å²) in [5.74, 6) is 0.326. The van der Waals surface area contributed by atoms with Crippen molar-refractivity contribution in [1.82, 2.24) is 0 Å². The van der Waals surface area contributed by atoms with E-state index in [1.807, 2.05) is 38.1 Å². The molecular weight excluding hydrogens is 384 g/mol. The molecule has 144 valence electrons. The molecule has 0 radical (unpaired) electrons. The third-order valence-corrected chi connectivity index (χ3v) is 5.24. The van der Waals surface area contributed by atoms with Gasteiger partial charge in [0.25, 0.3) is 0 Å². The Balaban J connectivity index is 2.46. The zero-order valence-electron chi connectivity index (χ0n) is 15.8. The van der Waals surface area contributed by atoms with E-state index in [9.17, 15) is 9.90 Å². The molecular formula is C21H23ClO4S. The number of hydrogen-bond donors (Lipinski definition) is 1. The van der Waals surface area contributed by atoms with E-state index in [1.165, 1.54) is 18.9 Å². The second-order valence-electron chi connectivity index (χ2n) is 6.16. The Bertz CT molecular complexity index is 858. The fourth-order valence-corrected chi connectivity index (χ4v) is 3.77. The van der Waals surface area contributed by atoms with Gasteiger partial charge in [-0.25, -0.2) is 4.79 Å². The largest absolute Gasteiger partial charge is 0.507 e. The van der Waals surface area contributed by atoms with Crippen LogP contribution in [0.15, 0.2) is 46.9 Å². The molecule has 4 nitrogen and oxygen atoms in total. The van der Waals surface area contributed by atoms with Crippen LogP contribution in [0.3, 0.4) is 0 Å². The van der Waals surface area contributed by atoms with Crippen LogP contribution >= 0.6 is 23.4 Å². The number of hydrogen-bond acceptors (Lipinski definition) is 5. The van der Waals surface area contributed by atoms with Gasteiger partial charge in [0.2, 0.25) is 0 Å². The highest BCUT2D eigenvalue weighted by atomic mass is 35.5. The second-order valence-corrected chi connectivity index (χ2v) is 7.65. The van der Waals surface area contributed by atoms with Crippen molar-refractivity contribution >= 4 is 29.3 Å². The quantitative estimate of drug-likeness (QED) is 0.366. The molecule has 2 aromatic carbocycles. The fourth-order valence-electron chi connectivity index (χ4n) is 2.58. The lowest BCUT2D eigenvalue weighted by Gasteiger charge is -2.17. The van der Waals surface area contributed by atoms with Gasteiger partial charge in [0, 0.05) is 21.2 Å². The highest BCUT2D eigenvalue weighted by molar-refractivity contribution is 7.98. The summed E-state index contributed by atoms with van der Waals surface area (Å²) in [5.41, 5.74) is 2.49. The molecule has 0 atom stereocenters. The number of phenolic OH excluding ortho intramolecular Hbond substituents is 1. The molecule has 0 aromatic heterocycles. The molecule has 0 fully saturated rings. The first-order valence-corrected chi connectivity index (χ1v) is 9.75. The normalized spacial score (nSPS) is 10.4. The van der Waals surface area contributed by atoms with Gasteiger partial charge in [-0.3, -0.25) is 0 Å². The number of halogens is 1. The number of esters is 1. The Labute approximate surface area is 169 Å². The van der Waals surface area contributed by atoms with Crippen molar-refractivity contribution < 1.29 is 19.4 Å². The third kappa shape index (κ3) is 5.44. The van der Waals surface area contributed by atoms with Crippen molar-refractivity contribution in [3.05, 3.63) is 63.7 Å². The van der Waals surface area contributed by atoms with E-state index in [0.717, 1.165) is 10.5 Å². The molecule has 2 aromatic rings. The Morgan fingerprint density at radius 1 is 1.26 bits per heavy atom. The van der Waals surface area contributed by atoms with Crippen molar-refractivity contribution in [1.29, 1.82) is 0 Å². The smallest absolute Gasteiger partial charge is 0.341 e. The minimum Gasteiger partial charge on any atom is -0.507 e. The first kappa shape index (κ1) is 21.2. The van der Waals surface area contributed by atoms with Crippen molar-refractivity contribution in [2.24, 2.45) is 0 Å². The average molecular weight is 407 g/mol. The van der Waals surface area contributed by atoms with Gasteiger partial charge in [-0.2, -0.15) is 0 Å². The van der Waals surface area contributed by atoms with Gasteiger partial charge in [0.05, 0.1) is 14.2 Å². The molecule has 1 N–H and O–H groups in total. The van der Waals surface area contributed by atoms with Gasteiger partial charge < -0.3 is 14.6 Å². The maximum atomic E-state index is 12.3. The number of phenols is 1. The molecule has 0 saturated heterocycles. The number of aromatic hydroxyl groups is 1. The van der Waals surface area contributed by atoms with Crippen LogP contribution in [0.2, 0.25) is 5.02 Å². The number of rotatable bonds is 7. The molecule has 0 aliphatic rings. The van der Waals surface area contributed by atoms with Gasteiger partial charge in [-0.1, -0.05) is 29.3 Å². The highest BCUT2D eigenvalue weighted by Gasteiger charge is 2.23. The minimum absolute atomic E-state index is 0.0969. The van der Waals surface area contributed by atoms with Gasteiger partial charge in [0.15, 0.2) is 0 Å². The zero-order valence-corrected chi connectivity index (χ0v) is 17.4. The number of carbonyl (C=O) groups excluding carboxylic acids is 1. The molecule has 0 aliphatic heterocycles. The number of ether oxygens (including phenoxy) is 2. The maximum Gasteiger partial charge on any atom is 0.341 e. The fraction of sp³-hybridized carbons (Fsp3) is 0.286. The van der Waals surface area contributed by atoms with Gasteiger partial charge in [-0.05, 0) is 50.1 Å². The summed E-state index contributed by atoms with van der Waals surface area (Å²) in [6.07, 6.45) is 2.43. The molecule has 0 saturated carbocycles. The summed E-state index contributed by atoms with van der Waals surface area (Å²) >= 11 is 7.54. The van der Waals surface area contributed by atoms with Crippen LogP contribution in [-0.4, -0.2) is 25.3 Å². The molecule has 6 heteroatoms. The van der Waals surface area contributed by atoms with Crippen LogP contribution in [0.1, 0.15) is 35.3 Å². The Morgan fingerprint density at radius 2 is 2.00 bits per heavy atom. The number of benzene rings is 2. The predicted molar refractivity (Wildman–Crippen MR) is 110 cm³/mol. The molecule has 27 heavy (non-hydrogen) atoms. The molecule has 2 rings (SSSR count). The topological polar surface area (TPSA) is 55.8 Å². The Morgan fingerprint density at radius 3 is 2.59 bits per heavy atom. The van der Waals surface area contributed by atoms with E-state index < -0.39 is 5.97 Å². The van der Waals surface area contributed by atoms with Gasteiger partial charge >= 0.3 is 5.97 Å². The zero-order chi connectivity index (χ0) is 20.0. The van der Waals surface area contributed by atoms with Crippen LogP contribution in [0, 0.1) is 0 Å². The summed E-state index contributed by atoms with van der Waals surface area (Å²) in [7, 11) is 2.85. The van der Waals surface area contributed by atoms with E-state index in [-0.39, 0.29) is 11.3 Å². The van der Waals surface area contributed by atoms with E-state index in [1.54, 1.807) is 19.2 Å². The lowest BCUT2D eigenvalue weighted by molar-refractivity contribution is 0.0596. The van der Waals surface area contributed by atoms with Crippen LogP contribution < -0.4 is 4.74 Å². The van der Waals surface area contributed by atoms with Crippen molar-refractivity contribution in [2.45, 2.75) is 30.9 Å². The first-order chi connectivity index (χ1) is 12.9. The van der Waals surface area contributed by atoms with E-state index >= 15 is 0 Å². The summed E-state index contributed by atoms with van der Waals surface area (Å²) in [6, 6.07) is 9.25. The van der Waals surface area contributed by atoms with Crippen molar-refractivity contribution in [3.63, 3.8) is 0 Å².